The fourth-order valence-corrected chi connectivity index (χ4v) is 3.97. The predicted octanol–water partition coefficient (Wildman–Crippen LogP) is 3.01. The van der Waals surface area contributed by atoms with Crippen LogP contribution in [0, 0.1) is 6.92 Å². The summed E-state index contributed by atoms with van der Waals surface area (Å²) in [4.78, 5) is 25.0. The topological polar surface area (TPSA) is 122 Å². The Hall–Kier alpha value is -3.30. The van der Waals surface area contributed by atoms with E-state index in [1.54, 1.807) is 16.8 Å². The summed E-state index contributed by atoms with van der Waals surface area (Å²) in [6.07, 6.45) is 2.32. The zero-order valence-electron chi connectivity index (χ0n) is 16.7. The van der Waals surface area contributed by atoms with E-state index in [4.69, 9.17) is 26.6 Å². The molecule has 1 saturated heterocycles. The number of rotatable bonds is 4. The van der Waals surface area contributed by atoms with Gasteiger partial charge in [0.2, 0.25) is 11.8 Å². The van der Waals surface area contributed by atoms with Crippen LogP contribution in [-0.4, -0.2) is 31.3 Å². The molecule has 1 aliphatic rings. The molecule has 1 aromatic carbocycles. The summed E-state index contributed by atoms with van der Waals surface area (Å²) in [7, 11) is 0. The molecular weight excluding hydrogens is 420 g/mol. The number of hydrogen-bond acceptors (Lipinski definition) is 8. The lowest BCUT2D eigenvalue weighted by molar-refractivity contribution is 0.110. The van der Waals surface area contributed by atoms with Crippen molar-refractivity contribution >= 4 is 28.6 Å². The second-order valence-electron chi connectivity index (χ2n) is 7.54. The normalized spacial score (nSPS) is 18.6. The van der Waals surface area contributed by atoms with Crippen LogP contribution in [0.25, 0.3) is 11.0 Å². The van der Waals surface area contributed by atoms with E-state index in [0.29, 0.717) is 34.4 Å². The largest absolute Gasteiger partial charge is 0.373 e. The SMILES string of the molecule is Cc1ccnc2c1c(=O)nc(N)n2Cc1nc([C@@H]2CO[C@@H](c3ccc(Cl)cc3)C2)no1. The number of nitrogens with two attached hydrogens (primary N) is 1. The summed E-state index contributed by atoms with van der Waals surface area (Å²) in [6, 6.07) is 9.38. The van der Waals surface area contributed by atoms with E-state index < -0.39 is 5.56 Å². The Bertz CT molecular complexity index is 1320. The van der Waals surface area contributed by atoms with Crippen LogP contribution in [0.1, 0.15) is 41.3 Å². The molecule has 4 aromatic rings. The molecule has 0 amide bonds. The van der Waals surface area contributed by atoms with E-state index in [0.717, 1.165) is 17.5 Å². The van der Waals surface area contributed by atoms with Crippen molar-refractivity contribution in [2.24, 2.45) is 0 Å². The highest BCUT2D eigenvalue weighted by atomic mass is 35.5. The molecule has 5 rings (SSSR count). The highest BCUT2D eigenvalue weighted by molar-refractivity contribution is 6.30. The summed E-state index contributed by atoms with van der Waals surface area (Å²) in [5.41, 5.74) is 7.87. The fourth-order valence-electron chi connectivity index (χ4n) is 3.85. The van der Waals surface area contributed by atoms with Gasteiger partial charge in [-0.3, -0.25) is 9.36 Å². The monoisotopic (exact) mass is 438 g/mol. The van der Waals surface area contributed by atoms with Gasteiger partial charge in [0.1, 0.15) is 12.2 Å². The van der Waals surface area contributed by atoms with Gasteiger partial charge in [0.05, 0.1) is 18.1 Å². The van der Waals surface area contributed by atoms with E-state index in [1.165, 1.54) is 0 Å². The molecular formula is C21H19ClN6O3. The van der Waals surface area contributed by atoms with Gasteiger partial charge in [0.25, 0.3) is 5.56 Å². The second-order valence-corrected chi connectivity index (χ2v) is 7.98. The van der Waals surface area contributed by atoms with E-state index in [9.17, 15) is 4.79 Å². The standard InChI is InChI=1S/C21H19ClN6O3/c1-11-6-7-24-19-17(11)20(29)26-21(23)28(19)9-16-25-18(27-31-16)13-8-15(30-10-13)12-2-4-14(22)5-3-12/h2-7,13,15H,8-10H2,1H3,(H2,23,26,29)/t13-,15+/m0/s1. The molecule has 0 bridgehead atoms. The molecule has 158 valence electrons. The van der Waals surface area contributed by atoms with Gasteiger partial charge < -0.3 is 15.0 Å². The van der Waals surface area contributed by atoms with Gasteiger partial charge >= 0.3 is 0 Å². The van der Waals surface area contributed by atoms with E-state index in [-0.39, 0.29) is 24.5 Å². The molecule has 0 aliphatic carbocycles. The van der Waals surface area contributed by atoms with Gasteiger partial charge in [0, 0.05) is 17.1 Å². The molecule has 1 aliphatic heterocycles. The summed E-state index contributed by atoms with van der Waals surface area (Å²) >= 11 is 5.97. The summed E-state index contributed by atoms with van der Waals surface area (Å²) in [5, 5.41) is 5.25. The number of nitrogens with zero attached hydrogens (tertiary/aromatic N) is 5. The molecule has 0 saturated carbocycles. The predicted molar refractivity (Wildman–Crippen MR) is 114 cm³/mol. The second kappa shape index (κ2) is 7.75. The Morgan fingerprint density at radius 2 is 2.03 bits per heavy atom. The first-order chi connectivity index (χ1) is 15.0. The van der Waals surface area contributed by atoms with Crippen molar-refractivity contribution in [3.8, 4) is 0 Å². The zero-order chi connectivity index (χ0) is 21.5. The molecule has 2 atom stereocenters. The van der Waals surface area contributed by atoms with Gasteiger partial charge in [-0.2, -0.15) is 9.97 Å². The van der Waals surface area contributed by atoms with Crippen molar-refractivity contribution in [1.29, 1.82) is 0 Å². The average Bonchev–Trinajstić information content (AvgIpc) is 3.41. The number of halogens is 1. The minimum absolute atomic E-state index is 0.0137. The summed E-state index contributed by atoms with van der Waals surface area (Å²) < 4.78 is 13.0. The van der Waals surface area contributed by atoms with Gasteiger partial charge in [0.15, 0.2) is 5.82 Å². The lowest BCUT2D eigenvalue weighted by Gasteiger charge is -2.10. The minimum atomic E-state index is -0.406. The Labute approximate surface area is 181 Å². The first-order valence-electron chi connectivity index (χ1n) is 9.81. The smallest absolute Gasteiger partial charge is 0.284 e. The Morgan fingerprint density at radius 3 is 2.84 bits per heavy atom. The van der Waals surface area contributed by atoms with E-state index >= 15 is 0 Å². The third-order valence-corrected chi connectivity index (χ3v) is 5.73. The van der Waals surface area contributed by atoms with Crippen molar-refractivity contribution in [3.63, 3.8) is 0 Å². The number of anilines is 1. The van der Waals surface area contributed by atoms with Crippen LogP contribution in [0.5, 0.6) is 0 Å². The summed E-state index contributed by atoms with van der Waals surface area (Å²) in [6.45, 7) is 2.49. The first-order valence-corrected chi connectivity index (χ1v) is 10.2. The number of pyridine rings is 1. The van der Waals surface area contributed by atoms with Gasteiger partial charge in [-0.25, -0.2) is 4.98 Å². The molecule has 4 heterocycles. The first kappa shape index (κ1) is 19.7. The number of fused-ring (bicyclic) bond motifs is 1. The van der Waals surface area contributed by atoms with Crippen molar-refractivity contribution in [3.05, 3.63) is 74.7 Å². The van der Waals surface area contributed by atoms with Crippen LogP contribution in [0.4, 0.5) is 5.95 Å². The van der Waals surface area contributed by atoms with Crippen LogP contribution in [0.2, 0.25) is 5.02 Å². The number of nitrogen functional groups attached to an aromatic ring is 1. The third kappa shape index (κ3) is 3.66. The molecule has 10 heteroatoms. The average molecular weight is 439 g/mol. The lowest BCUT2D eigenvalue weighted by atomic mass is 10.0. The fraction of sp³-hybridized carbons (Fsp3) is 0.286. The van der Waals surface area contributed by atoms with Crippen molar-refractivity contribution in [1.82, 2.24) is 24.7 Å². The van der Waals surface area contributed by atoms with Crippen LogP contribution < -0.4 is 11.3 Å². The Balaban J connectivity index is 1.38. The van der Waals surface area contributed by atoms with Gasteiger partial charge in [-0.1, -0.05) is 28.9 Å². The van der Waals surface area contributed by atoms with E-state index in [2.05, 4.69) is 20.1 Å². The molecule has 0 radical (unpaired) electrons. The van der Waals surface area contributed by atoms with Crippen molar-refractivity contribution in [2.75, 3.05) is 12.3 Å². The van der Waals surface area contributed by atoms with Crippen molar-refractivity contribution < 1.29 is 9.26 Å². The van der Waals surface area contributed by atoms with Crippen molar-refractivity contribution in [2.45, 2.75) is 31.9 Å². The minimum Gasteiger partial charge on any atom is -0.373 e. The molecule has 1 fully saturated rings. The van der Waals surface area contributed by atoms with Crippen LogP contribution in [0.3, 0.4) is 0 Å². The maximum absolute atomic E-state index is 12.3. The molecule has 31 heavy (non-hydrogen) atoms. The number of hydrogen-bond donors (Lipinski definition) is 1. The highest BCUT2D eigenvalue weighted by Crippen LogP contribution is 2.37. The number of ether oxygens (including phenoxy) is 1. The Morgan fingerprint density at radius 1 is 1.23 bits per heavy atom. The van der Waals surface area contributed by atoms with Crippen LogP contribution >= 0.6 is 11.6 Å². The number of benzene rings is 1. The summed E-state index contributed by atoms with van der Waals surface area (Å²) in [5.74, 6) is 0.987. The molecule has 3 aromatic heterocycles. The number of aromatic nitrogens is 5. The molecule has 2 N–H and O–H groups in total. The van der Waals surface area contributed by atoms with Crippen LogP contribution in [0.15, 0.2) is 45.8 Å². The number of aryl methyl sites for hydroxylation is 1. The molecule has 0 spiro atoms. The third-order valence-electron chi connectivity index (χ3n) is 5.48. The highest BCUT2D eigenvalue weighted by Gasteiger charge is 2.31. The van der Waals surface area contributed by atoms with E-state index in [1.807, 2.05) is 31.2 Å². The Kier molecular flexibility index (Phi) is 4.91. The molecule has 0 unspecified atom stereocenters. The van der Waals surface area contributed by atoms with Gasteiger partial charge in [-0.05, 0) is 42.7 Å². The maximum Gasteiger partial charge on any atom is 0.284 e. The lowest BCUT2D eigenvalue weighted by Crippen LogP contribution is -2.20. The van der Waals surface area contributed by atoms with Crippen LogP contribution in [-0.2, 0) is 11.3 Å². The molecule has 9 nitrogen and oxygen atoms in total. The quantitative estimate of drug-likeness (QED) is 0.516. The maximum atomic E-state index is 12.3. The van der Waals surface area contributed by atoms with Gasteiger partial charge in [-0.15, -0.1) is 0 Å². The zero-order valence-corrected chi connectivity index (χ0v) is 17.4.